The van der Waals surface area contributed by atoms with Gasteiger partial charge in [-0.15, -0.1) is 48.1 Å². The van der Waals surface area contributed by atoms with Crippen LogP contribution in [0.5, 0.6) is 11.5 Å². The number of ether oxygens (including phenoxy) is 1. The second-order valence-corrected chi connectivity index (χ2v) is 20.9. The Labute approximate surface area is 434 Å². The molecule has 0 amide bonds. The Morgan fingerprint density at radius 3 is 2.24 bits per heavy atom. The normalized spacial score (nSPS) is 17.8. The van der Waals surface area contributed by atoms with Gasteiger partial charge in [0.2, 0.25) is 0 Å². The summed E-state index contributed by atoms with van der Waals surface area (Å²) in [6, 6.07) is 43.3. The minimum atomic E-state index is -0.419. The number of benzene rings is 6. The van der Waals surface area contributed by atoms with Gasteiger partial charge in [0.25, 0.3) is 0 Å². The molecule has 0 atom stereocenters. The third kappa shape index (κ3) is 7.83. The van der Waals surface area contributed by atoms with Crippen molar-refractivity contribution in [3.05, 3.63) is 228 Å². The molecule has 350 valence electrons. The van der Waals surface area contributed by atoms with Crippen molar-refractivity contribution in [3.8, 4) is 17.3 Å². The molecule has 0 fully saturated rings. The van der Waals surface area contributed by atoms with E-state index in [9.17, 15) is 0 Å². The van der Waals surface area contributed by atoms with E-state index >= 15 is 0 Å². The van der Waals surface area contributed by atoms with E-state index < -0.39 is 6.04 Å². The minimum absolute atomic E-state index is 0. The average molecular weight is 1100 g/mol. The molecule has 8 heteroatoms. The van der Waals surface area contributed by atoms with Gasteiger partial charge in [-0.1, -0.05) is 157 Å². The zero-order chi connectivity index (χ0) is 51.6. The van der Waals surface area contributed by atoms with E-state index in [1.165, 1.54) is 16.7 Å². The third-order valence-electron chi connectivity index (χ3n) is 14.5. The maximum absolute atomic E-state index is 8.95. The summed E-state index contributed by atoms with van der Waals surface area (Å²) < 4.78 is 52.2. The number of aromatic nitrogens is 2. The van der Waals surface area contributed by atoms with Crippen LogP contribution >= 0.6 is 0 Å². The topological polar surface area (TPSA) is 36.8 Å². The summed E-state index contributed by atoms with van der Waals surface area (Å²) in [5, 5.41) is 2.15. The smallest absolute Gasteiger partial charge is 0.314 e. The molecule has 0 saturated heterocycles. The number of fused-ring (bicyclic) bond motifs is 6. The van der Waals surface area contributed by atoms with E-state index in [0.29, 0.717) is 17.1 Å². The van der Waals surface area contributed by atoms with Gasteiger partial charge in [-0.2, -0.15) is 12.1 Å². The van der Waals surface area contributed by atoms with Gasteiger partial charge in [0.1, 0.15) is 5.82 Å². The quantitative estimate of drug-likeness (QED) is 0.117. The van der Waals surface area contributed by atoms with Gasteiger partial charge in [0, 0.05) is 67.4 Å². The average Bonchev–Trinajstić information content (AvgIpc) is 3.94. The Hall–Kier alpha value is -6.82. The van der Waals surface area contributed by atoms with E-state index in [-0.39, 0.29) is 73.9 Å². The van der Waals surface area contributed by atoms with Gasteiger partial charge >= 0.3 is 6.85 Å². The number of allylic oxidation sites excluding steroid dienone is 4. The van der Waals surface area contributed by atoms with Crippen LogP contribution in [0.25, 0.3) is 38.8 Å². The summed E-state index contributed by atoms with van der Waals surface area (Å²) in [5.41, 5.74) is 11.1. The Balaban J connectivity index is 0.00000602. The van der Waals surface area contributed by atoms with Gasteiger partial charge in [-0.25, -0.2) is 4.98 Å². The molecule has 0 radical (unpaired) electrons. The van der Waals surface area contributed by atoms with E-state index in [2.05, 4.69) is 171 Å². The molecule has 0 saturated carbocycles. The van der Waals surface area contributed by atoms with Crippen molar-refractivity contribution >= 4 is 56.9 Å². The largest absolute Gasteiger partial charge is 0.509 e. The van der Waals surface area contributed by atoms with Crippen LogP contribution in [0.2, 0.25) is 0 Å². The molecule has 0 bridgehead atoms. The molecular weight excluding hydrogens is 1040 g/mol. The number of nitrogens with zero attached hydrogens (tertiary/aromatic N) is 5. The first-order chi connectivity index (χ1) is 35.4. The molecule has 12 rings (SSSR count). The molecule has 0 unspecified atom stereocenters. The first kappa shape index (κ1) is 40.0. The number of hydrogen-bond acceptors (Lipinski definition) is 5. The molecule has 0 spiro atoms. The van der Waals surface area contributed by atoms with Crippen molar-refractivity contribution < 1.29 is 32.7 Å². The third-order valence-corrected chi connectivity index (χ3v) is 14.5. The van der Waals surface area contributed by atoms with Crippen LogP contribution in [0.1, 0.15) is 96.0 Å². The summed E-state index contributed by atoms with van der Waals surface area (Å²) in [7, 11) is 0. The van der Waals surface area contributed by atoms with Gasteiger partial charge in [-0.3, -0.25) is 0 Å². The van der Waals surface area contributed by atoms with E-state index in [1.54, 1.807) is 0 Å². The molecule has 5 heterocycles. The van der Waals surface area contributed by atoms with E-state index in [0.717, 1.165) is 74.5 Å². The zero-order valence-electron chi connectivity index (χ0n) is 45.4. The van der Waals surface area contributed by atoms with Gasteiger partial charge < -0.3 is 23.9 Å². The second kappa shape index (κ2) is 17.2. The molecule has 1 aliphatic carbocycles. The SMILES string of the molecule is [2H]c1c([2H])c([2H])c(C2=CN3B(C=C2)C=CC(c2ccc4c(c2)C(C)(C)CCC4(C)C)=C3N2[CH-]N(c3[c-]c(Oc4[c-]c5c(cc4)c4ccccc4n5-c4cc(C(C)(C)C)ccn4)ccc3)c3ccccc32)c([2H])c1[2H].[Pt]. The number of rotatable bonds is 7. The van der Waals surface area contributed by atoms with Crippen molar-refractivity contribution in [2.75, 3.05) is 9.80 Å². The monoisotopic (exact) mass is 1100 g/mol. The van der Waals surface area contributed by atoms with Crippen LogP contribution in [0, 0.1) is 18.8 Å². The standard InChI is InChI=1S/C62H55BN5O.Pt/c1-60(2,3)45-30-35-64-58(37-45)68-54-21-12-11-20-50(54)51-26-25-48(39-57(51)68)69-47-19-15-18-46(38-47)65-41-66(56-23-14-13-22-55(56)65)59-49(43-24-27-52-53(36-43)62(6,7)32-31-61(52,4)5)29-34-63-33-28-44(40-67(59)63)42-16-9-8-10-17-42;/h8-30,33-37,40-41H,31-32H2,1-7H3;/q-3;/i8D,9D,10D,16D,17D;. The molecule has 6 aromatic carbocycles. The summed E-state index contributed by atoms with van der Waals surface area (Å²) >= 11 is 0. The summed E-state index contributed by atoms with van der Waals surface area (Å²) in [6.07, 6.45) is 10.1. The van der Waals surface area contributed by atoms with Crippen LogP contribution in [-0.4, -0.2) is 21.2 Å². The Kier molecular flexibility index (Phi) is 9.85. The van der Waals surface area contributed by atoms with Crippen molar-refractivity contribution in [1.29, 1.82) is 0 Å². The summed E-state index contributed by atoms with van der Waals surface area (Å²) in [4.78, 5) is 11.4. The van der Waals surface area contributed by atoms with Crippen molar-refractivity contribution in [2.45, 2.75) is 77.6 Å². The van der Waals surface area contributed by atoms with Gasteiger partial charge in [0.15, 0.2) is 0 Å². The summed E-state index contributed by atoms with van der Waals surface area (Å²) in [5.74, 6) is 6.93. The number of hydrogen-bond donors (Lipinski definition) is 0. The molecule has 0 N–H and O–H groups in total. The van der Waals surface area contributed by atoms with Crippen LogP contribution in [0.4, 0.5) is 17.1 Å². The maximum Gasteiger partial charge on any atom is 0.314 e. The van der Waals surface area contributed by atoms with Crippen molar-refractivity contribution in [1.82, 2.24) is 14.4 Å². The Morgan fingerprint density at radius 2 is 1.44 bits per heavy atom. The van der Waals surface area contributed by atoms with Crippen molar-refractivity contribution in [3.63, 3.8) is 0 Å². The van der Waals surface area contributed by atoms with Gasteiger partial charge in [0.05, 0.1) is 12.7 Å². The number of pyridine rings is 1. The van der Waals surface area contributed by atoms with Crippen LogP contribution in [0.3, 0.4) is 0 Å². The molecule has 70 heavy (non-hydrogen) atoms. The number of para-hydroxylation sites is 3. The minimum Gasteiger partial charge on any atom is -0.509 e. The summed E-state index contributed by atoms with van der Waals surface area (Å²) in [6.45, 7) is 17.8. The predicted octanol–water partition coefficient (Wildman–Crippen LogP) is 15.2. The van der Waals surface area contributed by atoms with Crippen LogP contribution < -0.4 is 14.5 Å². The molecular formula is C62H55BN5OPt-3. The molecule has 8 aromatic rings. The van der Waals surface area contributed by atoms with E-state index in [1.807, 2.05) is 60.8 Å². The van der Waals surface area contributed by atoms with Gasteiger partial charge in [-0.05, 0) is 98.2 Å². The zero-order valence-corrected chi connectivity index (χ0v) is 42.7. The first-order valence-electron chi connectivity index (χ1n) is 26.4. The molecule has 6 nitrogen and oxygen atoms in total. The molecule has 2 aromatic heterocycles. The molecule has 3 aliphatic heterocycles. The second-order valence-electron chi connectivity index (χ2n) is 20.9. The fraction of sp³-hybridized carbons (Fsp3) is 0.194. The van der Waals surface area contributed by atoms with E-state index in [4.69, 9.17) is 16.6 Å². The fourth-order valence-electron chi connectivity index (χ4n) is 10.5. The first-order valence-corrected chi connectivity index (χ1v) is 23.9. The molecule has 4 aliphatic rings. The van der Waals surface area contributed by atoms with Crippen LogP contribution in [0.15, 0.2) is 182 Å². The van der Waals surface area contributed by atoms with Crippen molar-refractivity contribution in [2.24, 2.45) is 0 Å². The Morgan fingerprint density at radius 1 is 0.714 bits per heavy atom. The maximum atomic E-state index is 8.95. The Bertz CT molecular complexity index is 3770. The predicted molar refractivity (Wildman–Crippen MR) is 286 cm³/mol. The van der Waals surface area contributed by atoms with Crippen LogP contribution in [-0.2, 0) is 37.3 Å². The number of anilines is 3. The fourth-order valence-corrected chi connectivity index (χ4v) is 10.5.